The minimum absolute atomic E-state index is 0.166. The van der Waals surface area contributed by atoms with Crippen LogP contribution in [0, 0.1) is 11.3 Å². The largest absolute Gasteiger partial charge is 0.353 e. The Morgan fingerprint density at radius 2 is 1.84 bits per heavy atom. The lowest BCUT2D eigenvalue weighted by molar-refractivity contribution is 0.148. The molecular weight excluding hydrogens is 466 g/mol. The second-order valence-corrected chi connectivity index (χ2v) is 9.85. The lowest BCUT2D eigenvalue weighted by atomic mass is 10.0. The van der Waals surface area contributed by atoms with Crippen LogP contribution in [0.15, 0.2) is 49.2 Å². The summed E-state index contributed by atoms with van der Waals surface area (Å²) < 4.78 is 3.51. The van der Waals surface area contributed by atoms with Crippen molar-refractivity contribution in [1.29, 1.82) is 5.26 Å². The average molecular weight is 496 g/mol. The van der Waals surface area contributed by atoms with Crippen molar-refractivity contribution in [2.75, 3.05) is 37.6 Å². The van der Waals surface area contributed by atoms with Crippen molar-refractivity contribution in [1.82, 2.24) is 34.2 Å². The summed E-state index contributed by atoms with van der Waals surface area (Å²) in [6.07, 6.45) is 11.3. The normalized spacial score (nSPS) is 18.0. The van der Waals surface area contributed by atoms with Gasteiger partial charge in [-0.2, -0.15) is 15.5 Å². The van der Waals surface area contributed by atoms with Crippen LogP contribution in [-0.2, 0) is 7.05 Å². The molecule has 0 radical (unpaired) electrons. The van der Waals surface area contributed by atoms with Gasteiger partial charge in [0.05, 0.1) is 23.5 Å². The maximum absolute atomic E-state index is 12.9. The standard InChI is InChI=1S/C27H29N9O/c1-19-4-3-7-35(19)27(37)34-10-8-33(9-11-34)25-6-5-20(14-29-25)24-12-21(23-16-30-32(2)17-23)18-36-26(24)22(13-28)15-31-36/h5-6,12,14-19H,3-4,7-11H2,1-2H3/t19-/m1/s1. The van der Waals surface area contributed by atoms with E-state index in [1.165, 1.54) is 0 Å². The highest BCUT2D eigenvalue weighted by Gasteiger charge is 2.31. The van der Waals surface area contributed by atoms with Gasteiger partial charge in [-0.15, -0.1) is 0 Å². The maximum Gasteiger partial charge on any atom is 0.320 e. The number of fused-ring (bicyclic) bond motifs is 1. The molecule has 10 heteroatoms. The predicted molar refractivity (Wildman–Crippen MR) is 140 cm³/mol. The van der Waals surface area contributed by atoms with Gasteiger partial charge in [-0.05, 0) is 38.0 Å². The lowest BCUT2D eigenvalue weighted by Gasteiger charge is -2.38. The van der Waals surface area contributed by atoms with E-state index in [0.29, 0.717) is 24.7 Å². The number of likely N-dealkylation sites (tertiary alicyclic amines) is 1. The van der Waals surface area contributed by atoms with Crippen LogP contribution in [0.25, 0.3) is 27.8 Å². The number of nitrogens with zero attached hydrogens (tertiary/aromatic N) is 9. The summed E-state index contributed by atoms with van der Waals surface area (Å²) in [6.45, 7) is 5.89. The van der Waals surface area contributed by atoms with Crippen LogP contribution >= 0.6 is 0 Å². The van der Waals surface area contributed by atoms with Crippen molar-refractivity contribution < 1.29 is 4.79 Å². The fourth-order valence-corrected chi connectivity index (χ4v) is 5.41. The number of hydrogen-bond acceptors (Lipinski definition) is 6. The number of amides is 2. The monoisotopic (exact) mass is 495 g/mol. The van der Waals surface area contributed by atoms with Gasteiger partial charge in [-0.25, -0.2) is 14.3 Å². The van der Waals surface area contributed by atoms with Gasteiger partial charge in [0.25, 0.3) is 0 Å². The summed E-state index contributed by atoms with van der Waals surface area (Å²) in [7, 11) is 1.88. The van der Waals surface area contributed by atoms with Gasteiger partial charge in [-0.1, -0.05) is 0 Å². The number of aromatic nitrogens is 5. The Balaban J connectivity index is 1.24. The molecule has 188 valence electrons. The number of carbonyl (C=O) groups is 1. The molecule has 6 heterocycles. The smallest absolute Gasteiger partial charge is 0.320 e. The molecule has 37 heavy (non-hydrogen) atoms. The van der Waals surface area contributed by atoms with Crippen LogP contribution in [0.3, 0.4) is 0 Å². The first-order valence-corrected chi connectivity index (χ1v) is 12.7. The molecule has 2 saturated heterocycles. The van der Waals surface area contributed by atoms with Gasteiger partial charge in [0, 0.05) is 86.7 Å². The molecule has 0 aliphatic carbocycles. The van der Waals surface area contributed by atoms with E-state index in [2.05, 4.69) is 34.2 Å². The van der Waals surface area contributed by atoms with Crippen LogP contribution < -0.4 is 4.90 Å². The Morgan fingerprint density at radius 1 is 1.00 bits per heavy atom. The van der Waals surface area contributed by atoms with E-state index >= 15 is 0 Å². The summed E-state index contributed by atoms with van der Waals surface area (Å²) in [5.41, 5.74) is 5.01. The fraction of sp³-hybridized carbons (Fsp3) is 0.370. The second-order valence-electron chi connectivity index (χ2n) is 9.85. The summed E-state index contributed by atoms with van der Waals surface area (Å²) in [6, 6.07) is 8.89. The third-order valence-corrected chi connectivity index (χ3v) is 7.50. The van der Waals surface area contributed by atoms with Crippen LogP contribution in [0.2, 0.25) is 0 Å². The highest BCUT2D eigenvalue weighted by Crippen LogP contribution is 2.32. The highest BCUT2D eigenvalue weighted by atomic mass is 16.2. The van der Waals surface area contributed by atoms with E-state index in [0.717, 1.165) is 66.1 Å². The molecule has 0 N–H and O–H groups in total. The van der Waals surface area contributed by atoms with E-state index in [-0.39, 0.29) is 6.03 Å². The minimum atomic E-state index is 0.166. The van der Waals surface area contributed by atoms with Gasteiger partial charge in [-0.3, -0.25) is 4.68 Å². The first-order valence-electron chi connectivity index (χ1n) is 12.7. The van der Waals surface area contributed by atoms with Crippen LogP contribution in [0.1, 0.15) is 25.3 Å². The number of rotatable bonds is 3. The molecule has 4 aromatic heterocycles. The third kappa shape index (κ3) is 4.16. The molecule has 0 saturated carbocycles. The third-order valence-electron chi connectivity index (χ3n) is 7.50. The molecule has 0 spiro atoms. The first kappa shape index (κ1) is 23.0. The lowest BCUT2D eigenvalue weighted by Crippen LogP contribution is -2.53. The Bertz CT molecular complexity index is 1490. The molecule has 4 aromatic rings. The van der Waals surface area contributed by atoms with Crippen molar-refractivity contribution in [3.63, 3.8) is 0 Å². The molecule has 6 rings (SSSR count). The predicted octanol–water partition coefficient (Wildman–Crippen LogP) is 3.39. The second kappa shape index (κ2) is 9.24. The summed E-state index contributed by atoms with van der Waals surface area (Å²) in [5.74, 6) is 0.888. The van der Waals surface area contributed by atoms with E-state index < -0.39 is 0 Å². The van der Waals surface area contributed by atoms with Crippen LogP contribution in [-0.4, -0.2) is 79.0 Å². The number of carbonyl (C=O) groups excluding carboxylic acids is 1. The van der Waals surface area contributed by atoms with Gasteiger partial charge in [0.15, 0.2) is 0 Å². The fourth-order valence-electron chi connectivity index (χ4n) is 5.41. The molecule has 0 bridgehead atoms. The number of piperazine rings is 1. The number of anilines is 1. The zero-order valence-corrected chi connectivity index (χ0v) is 21.1. The van der Waals surface area contributed by atoms with Gasteiger partial charge >= 0.3 is 6.03 Å². The van der Waals surface area contributed by atoms with E-state index in [4.69, 9.17) is 4.98 Å². The van der Waals surface area contributed by atoms with E-state index in [1.54, 1.807) is 15.4 Å². The Hall–Kier alpha value is -4.39. The number of pyridine rings is 2. The van der Waals surface area contributed by atoms with Crippen molar-refractivity contribution in [2.24, 2.45) is 7.05 Å². The van der Waals surface area contributed by atoms with Crippen molar-refractivity contribution in [2.45, 2.75) is 25.8 Å². The number of urea groups is 1. The molecule has 2 aliphatic heterocycles. The molecule has 0 unspecified atom stereocenters. The van der Waals surface area contributed by atoms with E-state index in [9.17, 15) is 10.1 Å². The number of hydrogen-bond donors (Lipinski definition) is 0. The zero-order chi connectivity index (χ0) is 25.5. The summed E-state index contributed by atoms with van der Waals surface area (Å²) in [4.78, 5) is 23.9. The van der Waals surface area contributed by atoms with E-state index in [1.807, 2.05) is 53.8 Å². The Kier molecular flexibility index (Phi) is 5.75. The van der Waals surface area contributed by atoms with Crippen LogP contribution in [0.4, 0.5) is 10.6 Å². The Labute approximate surface area is 215 Å². The maximum atomic E-state index is 12.9. The topological polar surface area (TPSA) is 98.6 Å². The number of nitriles is 1. The summed E-state index contributed by atoms with van der Waals surface area (Å²) in [5, 5.41) is 18.4. The Morgan fingerprint density at radius 3 is 2.49 bits per heavy atom. The average Bonchev–Trinajstić information content (AvgIpc) is 3.67. The first-order chi connectivity index (χ1) is 18.0. The highest BCUT2D eigenvalue weighted by molar-refractivity contribution is 5.87. The van der Waals surface area contributed by atoms with Gasteiger partial charge < -0.3 is 14.7 Å². The molecule has 2 aliphatic rings. The zero-order valence-electron chi connectivity index (χ0n) is 21.1. The molecule has 1 atom stereocenters. The quantitative estimate of drug-likeness (QED) is 0.432. The molecule has 10 nitrogen and oxygen atoms in total. The van der Waals surface area contributed by atoms with Crippen LogP contribution in [0.5, 0.6) is 0 Å². The molecule has 2 amide bonds. The molecular formula is C27H29N9O. The SMILES string of the molecule is C[C@@H]1CCCN1C(=O)N1CCN(c2ccc(-c3cc(-c4cnn(C)c4)cn4ncc(C#N)c34)cn2)CC1. The summed E-state index contributed by atoms with van der Waals surface area (Å²) >= 11 is 0. The molecule has 0 aromatic carbocycles. The number of aryl methyl sites for hydroxylation is 1. The molecule has 2 fully saturated rings. The van der Waals surface area contributed by atoms with Crippen molar-refractivity contribution in [3.8, 4) is 28.3 Å². The van der Waals surface area contributed by atoms with Crippen molar-refractivity contribution in [3.05, 3.63) is 54.7 Å². The minimum Gasteiger partial charge on any atom is -0.353 e. The van der Waals surface area contributed by atoms with Gasteiger partial charge in [0.2, 0.25) is 0 Å². The van der Waals surface area contributed by atoms with Gasteiger partial charge in [0.1, 0.15) is 11.9 Å². The van der Waals surface area contributed by atoms with Crippen molar-refractivity contribution >= 4 is 17.4 Å².